The summed E-state index contributed by atoms with van der Waals surface area (Å²) in [5.41, 5.74) is 0.471. The van der Waals surface area contributed by atoms with Crippen LogP contribution in [0.4, 0.5) is 8.78 Å². The zero-order chi connectivity index (χ0) is 14.2. The molecule has 1 aromatic carbocycles. The minimum Gasteiger partial charge on any atom is -0.382 e. The molecule has 1 atom stereocenters. The first-order valence-corrected chi connectivity index (χ1v) is 6.75. The van der Waals surface area contributed by atoms with Gasteiger partial charge in [0.2, 0.25) is 0 Å². The highest BCUT2D eigenvalue weighted by Gasteiger charge is 2.21. The molecule has 5 heteroatoms. The van der Waals surface area contributed by atoms with Crippen molar-refractivity contribution in [3.8, 4) is 0 Å². The van der Waals surface area contributed by atoms with E-state index in [1.165, 1.54) is 11.3 Å². The van der Waals surface area contributed by atoms with Crippen molar-refractivity contribution in [3.63, 3.8) is 0 Å². The SMILES string of the molecule is CC(C)(C)c1nc(C(O)c2cc(F)cc(F)c2)cs1. The van der Waals surface area contributed by atoms with Crippen LogP contribution in [0.2, 0.25) is 0 Å². The van der Waals surface area contributed by atoms with Gasteiger partial charge in [-0.25, -0.2) is 13.8 Å². The number of hydrogen-bond donors (Lipinski definition) is 1. The lowest BCUT2D eigenvalue weighted by Gasteiger charge is -2.14. The van der Waals surface area contributed by atoms with Crippen LogP contribution in [0.1, 0.15) is 43.1 Å². The molecule has 0 aliphatic rings. The Labute approximate surface area is 114 Å². The van der Waals surface area contributed by atoms with Crippen LogP contribution in [0.3, 0.4) is 0 Å². The van der Waals surface area contributed by atoms with Gasteiger partial charge in [-0.05, 0) is 17.7 Å². The van der Waals surface area contributed by atoms with E-state index in [9.17, 15) is 13.9 Å². The maximum Gasteiger partial charge on any atom is 0.126 e. The van der Waals surface area contributed by atoms with Crippen molar-refractivity contribution < 1.29 is 13.9 Å². The summed E-state index contributed by atoms with van der Waals surface area (Å²) in [5.74, 6) is -1.42. The summed E-state index contributed by atoms with van der Waals surface area (Å²) in [7, 11) is 0. The summed E-state index contributed by atoms with van der Waals surface area (Å²) < 4.78 is 26.3. The van der Waals surface area contributed by atoms with Gasteiger partial charge in [0, 0.05) is 16.9 Å². The fraction of sp³-hybridized carbons (Fsp3) is 0.357. The minimum absolute atomic E-state index is 0.115. The second kappa shape index (κ2) is 4.98. The number of benzene rings is 1. The highest BCUT2D eigenvalue weighted by atomic mass is 32.1. The number of aliphatic hydroxyl groups is 1. The highest BCUT2D eigenvalue weighted by molar-refractivity contribution is 7.09. The average Bonchev–Trinajstić information content (AvgIpc) is 2.75. The molecule has 1 heterocycles. The first kappa shape index (κ1) is 14.1. The molecule has 102 valence electrons. The van der Waals surface area contributed by atoms with Crippen molar-refractivity contribution in [2.75, 3.05) is 0 Å². The van der Waals surface area contributed by atoms with E-state index >= 15 is 0 Å². The zero-order valence-electron chi connectivity index (χ0n) is 10.9. The van der Waals surface area contributed by atoms with E-state index in [2.05, 4.69) is 4.98 Å². The number of aromatic nitrogens is 1. The van der Waals surface area contributed by atoms with Gasteiger partial charge in [-0.3, -0.25) is 0 Å². The van der Waals surface area contributed by atoms with Gasteiger partial charge in [-0.1, -0.05) is 20.8 Å². The second-order valence-electron chi connectivity index (χ2n) is 5.43. The van der Waals surface area contributed by atoms with Crippen molar-refractivity contribution in [1.29, 1.82) is 0 Å². The standard InChI is InChI=1S/C14H15F2NOS/c1-14(2,3)13-17-11(7-19-13)12(18)8-4-9(15)6-10(16)5-8/h4-7,12,18H,1-3H3. The Morgan fingerprint density at radius 1 is 1.16 bits per heavy atom. The molecule has 1 aromatic heterocycles. The van der Waals surface area contributed by atoms with Gasteiger partial charge in [0.05, 0.1) is 10.7 Å². The fourth-order valence-corrected chi connectivity index (χ4v) is 2.59. The molecule has 0 aliphatic carbocycles. The fourth-order valence-electron chi connectivity index (χ4n) is 1.66. The van der Waals surface area contributed by atoms with Crippen LogP contribution in [0, 0.1) is 11.6 Å². The molecule has 0 saturated carbocycles. The van der Waals surface area contributed by atoms with Gasteiger partial charge >= 0.3 is 0 Å². The number of thiazole rings is 1. The van der Waals surface area contributed by atoms with E-state index in [0.29, 0.717) is 5.69 Å². The Balaban J connectivity index is 2.33. The molecule has 2 nitrogen and oxygen atoms in total. The zero-order valence-corrected chi connectivity index (χ0v) is 11.8. The third-order valence-corrected chi connectivity index (χ3v) is 3.93. The second-order valence-corrected chi connectivity index (χ2v) is 6.29. The highest BCUT2D eigenvalue weighted by Crippen LogP contribution is 2.30. The third kappa shape index (κ3) is 3.16. The molecule has 19 heavy (non-hydrogen) atoms. The van der Waals surface area contributed by atoms with Gasteiger partial charge in [-0.2, -0.15) is 0 Å². The van der Waals surface area contributed by atoms with E-state index in [1.807, 2.05) is 20.8 Å². The maximum atomic E-state index is 13.1. The third-order valence-electron chi connectivity index (χ3n) is 2.64. The van der Waals surface area contributed by atoms with Crippen LogP contribution in [0.15, 0.2) is 23.6 Å². The van der Waals surface area contributed by atoms with E-state index < -0.39 is 17.7 Å². The van der Waals surface area contributed by atoms with E-state index in [4.69, 9.17) is 0 Å². The Kier molecular flexibility index (Phi) is 3.69. The lowest BCUT2D eigenvalue weighted by atomic mass is 9.98. The van der Waals surface area contributed by atoms with Crippen LogP contribution in [0.5, 0.6) is 0 Å². The van der Waals surface area contributed by atoms with Crippen LogP contribution in [-0.2, 0) is 5.41 Å². The average molecular weight is 283 g/mol. The Bertz CT molecular complexity index is 569. The normalized spacial score (nSPS) is 13.6. The number of rotatable bonds is 2. The number of hydrogen-bond acceptors (Lipinski definition) is 3. The van der Waals surface area contributed by atoms with Gasteiger partial charge in [-0.15, -0.1) is 11.3 Å². The first-order chi connectivity index (χ1) is 8.77. The van der Waals surface area contributed by atoms with Crippen molar-refractivity contribution in [3.05, 3.63) is 51.5 Å². The molecule has 0 spiro atoms. The summed E-state index contributed by atoms with van der Waals surface area (Å²) in [5, 5.41) is 12.7. The van der Waals surface area contributed by atoms with Crippen molar-refractivity contribution >= 4 is 11.3 Å². The van der Waals surface area contributed by atoms with Crippen LogP contribution in [-0.4, -0.2) is 10.1 Å². The Hall–Kier alpha value is -1.33. The molecule has 0 amide bonds. The monoisotopic (exact) mass is 283 g/mol. The summed E-state index contributed by atoms with van der Waals surface area (Å²) in [6, 6.07) is 3.01. The summed E-state index contributed by atoms with van der Waals surface area (Å²) >= 11 is 1.43. The molecule has 1 N–H and O–H groups in total. The summed E-state index contributed by atoms with van der Waals surface area (Å²) in [4.78, 5) is 4.34. The predicted molar refractivity (Wildman–Crippen MR) is 71.2 cm³/mol. The molecular weight excluding hydrogens is 268 g/mol. The largest absolute Gasteiger partial charge is 0.382 e. The maximum absolute atomic E-state index is 13.1. The minimum atomic E-state index is -1.11. The summed E-state index contributed by atoms with van der Waals surface area (Å²) in [6.07, 6.45) is -1.11. The quantitative estimate of drug-likeness (QED) is 0.909. The molecule has 0 bridgehead atoms. The molecule has 0 saturated heterocycles. The molecule has 0 fully saturated rings. The Morgan fingerprint density at radius 2 is 1.74 bits per heavy atom. The van der Waals surface area contributed by atoms with Crippen LogP contribution >= 0.6 is 11.3 Å². The van der Waals surface area contributed by atoms with Crippen molar-refractivity contribution in [2.24, 2.45) is 0 Å². The molecule has 2 aromatic rings. The van der Waals surface area contributed by atoms with E-state index in [-0.39, 0.29) is 11.0 Å². The van der Waals surface area contributed by atoms with E-state index in [1.54, 1.807) is 5.38 Å². The van der Waals surface area contributed by atoms with Crippen molar-refractivity contribution in [1.82, 2.24) is 4.98 Å². The van der Waals surface area contributed by atoms with E-state index in [0.717, 1.165) is 23.2 Å². The van der Waals surface area contributed by atoms with Gasteiger partial charge in [0.15, 0.2) is 0 Å². The molecule has 1 unspecified atom stereocenters. The lowest BCUT2D eigenvalue weighted by Crippen LogP contribution is -2.11. The van der Waals surface area contributed by atoms with Crippen molar-refractivity contribution in [2.45, 2.75) is 32.3 Å². The van der Waals surface area contributed by atoms with Gasteiger partial charge < -0.3 is 5.11 Å². The molecule has 0 aliphatic heterocycles. The van der Waals surface area contributed by atoms with Gasteiger partial charge in [0.25, 0.3) is 0 Å². The van der Waals surface area contributed by atoms with Crippen LogP contribution in [0.25, 0.3) is 0 Å². The van der Waals surface area contributed by atoms with Gasteiger partial charge in [0.1, 0.15) is 17.7 Å². The Morgan fingerprint density at radius 3 is 2.21 bits per heavy atom. The predicted octanol–water partition coefficient (Wildman–Crippen LogP) is 3.80. The smallest absolute Gasteiger partial charge is 0.126 e. The molecule has 2 rings (SSSR count). The summed E-state index contributed by atoms with van der Waals surface area (Å²) in [6.45, 7) is 6.05. The number of nitrogens with zero attached hydrogens (tertiary/aromatic N) is 1. The topological polar surface area (TPSA) is 33.1 Å². The number of halogens is 2. The van der Waals surface area contributed by atoms with Crippen LogP contribution < -0.4 is 0 Å². The lowest BCUT2D eigenvalue weighted by molar-refractivity contribution is 0.214. The molecular formula is C14H15F2NOS. The molecule has 0 radical (unpaired) electrons. The first-order valence-electron chi connectivity index (χ1n) is 5.87. The number of aliphatic hydroxyl groups excluding tert-OH is 1.